The second-order valence-electron chi connectivity index (χ2n) is 6.77. The number of rotatable bonds is 7. The van der Waals surface area contributed by atoms with Gasteiger partial charge in [0.15, 0.2) is 0 Å². The van der Waals surface area contributed by atoms with E-state index < -0.39 is 0 Å². The van der Waals surface area contributed by atoms with E-state index in [0.29, 0.717) is 5.92 Å². The number of aromatic nitrogens is 2. The molecule has 0 aromatic carbocycles. The summed E-state index contributed by atoms with van der Waals surface area (Å²) in [7, 11) is 1.72. The van der Waals surface area contributed by atoms with E-state index in [0.717, 1.165) is 30.3 Å². The quantitative estimate of drug-likeness (QED) is 0.809. The van der Waals surface area contributed by atoms with Crippen LogP contribution in [0.4, 0.5) is 5.69 Å². The van der Waals surface area contributed by atoms with Crippen molar-refractivity contribution in [2.24, 2.45) is 0 Å². The number of nitrogens with one attached hydrogen (secondary N) is 2. The van der Waals surface area contributed by atoms with Gasteiger partial charge in [-0.1, -0.05) is 13.8 Å². The first-order chi connectivity index (χ1) is 9.73. The Labute approximate surface area is 128 Å². The maximum atomic E-state index is 5.27. The maximum absolute atomic E-state index is 5.27. The highest BCUT2D eigenvalue weighted by Gasteiger charge is 2.14. The van der Waals surface area contributed by atoms with Crippen molar-refractivity contribution in [3.63, 3.8) is 0 Å². The predicted molar refractivity (Wildman–Crippen MR) is 87.7 cm³/mol. The highest BCUT2D eigenvalue weighted by molar-refractivity contribution is 5.46. The van der Waals surface area contributed by atoms with Crippen LogP contribution in [-0.4, -0.2) is 35.3 Å². The second kappa shape index (κ2) is 7.71. The van der Waals surface area contributed by atoms with Crippen LogP contribution in [0.15, 0.2) is 6.20 Å². The van der Waals surface area contributed by atoms with Crippen molar-refractivity contribution in [3.8, 4) is 0 Å². The van der Waals surface area contributed by atoms with Crippen molar-refractivity contribution in [1.29, 1.82) is 0 Å². The van der Waals surface area contributed by atoms with Crippen LogP contribution >= 0.6 is 0 Å². The SMILES string of the molecule is COC(C)CNc1cnc(C(C)C)nc1CNC(C)(C)C. The van der Waals surface area contributed by atoms with Crippen LogP contribution in [0.25, 0.3) is 0 Å². The first-order valence-electron chi connectivity index (χ1n) is 7.60. The summed E-state index contributed by atoms with van der Waals surface area (Å²) < 4.78 is 5.27. The molecule has 1 aromatic rings. The van der Waals surface area contributed by atoms with E-state index in [1.807, 2.05) is 13.1 Å². The molecule has 0 saturated heterocycles. The van der Waals surface area contributed by atoms with Crippen molar-refractivity contribution < 1.29 is 4.74 Å². The Hall–Kier alpha value is -1.20. The molecule has 0 amide bonds. The molecule has 1 rings (SSSR count). The summed E-state index contributed by atoms with van der Waals surface area (Å²) in [5, 5.41) is 6.86. The smallest absolute Gasteiger partial charge is 0.131 e. The van der Waals surface area contributed by atoms with Gasteiger partial charge in [-0.25, -0.2) is 9.97 Å². The average Bonchev–Trinajstić information content (AvgIpc) is 2.41. The first kappa shape index (κ1) is 17.9. The molecule has 1 atom stereocenters. The number of methoxy groups -OCH3 is 1. The lowest BCUT2D eigenvalue weighted by Crippen LogP contribution is -2.35. The number of hydrogen-bond donors (Lipinski definition) is 2. The largest absolute Gasteiger partial charge is 0.380 e. The van der Waals surface area contributed by atoms with Crippen molar-refractivity contribution in [3.05, 3.63) is 17.7 Å². The van der Waals surface area contributed by atoms with Gasteiger partial charge >= 0.3 is 0 Å². The van der Waals surface area contributed by atoms with E-state index in [2.05, 4.69) is 50.2 Å². The first-order valence-corrected chi connectivity index (χ1v) is 7.60. The maximum Gasteiger partial charge on any atom is 0.131 e. The van der Waals surface area contributed by atoms with E-state index in [-0.39, 0.29) is 11.6 Å². The molecule has 0 radical (unpaired) electrons. The van der Waals surface area contributed by atoms with Gasteiger partial charge < -0.3 is 15.4 Å². The number of ether oxygens (including phenoxy) is 1. The molecular weight excluding hydrogens is 264 g/mol. The van der Waals surface area contributed by atoms with Crippen molar-refractivity contribution in [2.75, 3.05) is 19.0 Å². The topological polar surface area (TPSA) is 59.1 Å². The molecule has 0 fully saturated rings. The summed E-state index contributed by atoms with van der Waals surface area (Å²) in [4.78, 5) is 9.15. The summed E-state index contributed by atoms with van der Waals surface area (Å²) in [6.45, 7) is 14.2. The molecule has 120 valence electrons. The Morgan fingerprint density at radius 1 is 1.24 bits per heavy atom. The van der Waals surface area contributed by atoms with Gasteiger partial charge in [0.1, 0.15) is 5.82 Å². The van der Waals surface area contributed by atoms with Crippen molar-refractivity contribution in [2.45, 2.75) is 65.6 Å². The molecule has 0 spiro atoms. The van der Waals surface area contributed by atoms with E-state index in [9.17, 15) is 0 Å². The molecule has 21 heavy (non-hydrogen) atoms. The van der Waals surface area contributed by atoms with Crippen molar-refractivity contribution in [1.82, 2.24) is 15.3 Å². The molecule has 5 heteroatoms. The number of anilines is 1. The minimum Gasteiger partial charge on any atom is -0.380 e. The summed E-state index contributed by atoms with van der Waals surface area (Å²) in [5.41, 5.74) is 2.03. The lowest BCUT2D eigenvalue weighted by atomic mass is 10.1. The molecular formula is C16H30N4O. The Morgan fingerprint density at radius 2 is 1.90 bits per heavy atom. The van der Waals surface area contributed by atoms with E-state index in [1.165, 1.54) is 0 Å². The fraction of sp³-hybridized carbons (Fsp3) is 0.750. The van der Waals surface area contributed by atoms with Crippen molar-refractivity contribution >= 4 is 5.69 Å². The lowest BCUT2D eigenvalue weighted by Gasteiger charge is -2.22. The van der Waals surface area contributed by atoms with Gasteiger partial charge in [0.25, 0.3) is 0 Å². The van der Waals surface area contributed by atoms with Gasteiger partial charge in [-0.05, 0) is 27.7 Å². The molecule has 1 aromatic heterocycles. The monoisotopic (exact) mass is 294 g/mol. The van der Waals surface area contributed by atoms with Crippen LogP contribution in [-0.2, 0) is 11.3 Å². The summed E-state index contributed by atoms with van der Waals surface area (Å²) in [6.07, 6.45) is 2.03. The molecule has 0 saturated carbocycles. The van der Waals surface area contributed by atoms with Crippen LogP contribution in [0, 0.1) is 0 Å². The molecule has 0 aliphatic rings. The zero-order valence-electron chi connectivity index (χ0n) is 14.4. The highest BCUT2D eigenvalue weighted by Crippen LogP contribution is 2.17. The van der Waals surface area contributed by atoms with E-state index in [1.54, 1.807) is 7.11 Å². The van der Waals surface area contributed by atoms with Gasteiger partial charge in [-0.2, -0.15) is 0 Å². The Kier molecular flexibility index (Phi) is 6.55. The zero-order chi connectivity index (χ0) is 16.0. The fourth-order valence-electron chi connectivity index (χ4n) is 1.68. The fourth-order valence-corrected chi connectivity index (χ4v) is 1.68. The average molecular weight is 294 g/mol. The molecule has 0 aliphatic heterocycles. The van der Waals surface area contributed by atoms with E-state index >= 15 is 0 Å². The third kappa shape index (κ3) is 6.40. The normalized spacial score (nSPS) is 13.5. The van der Waals surface area contributed by atoms with Gasteiger partial charge in [0.05, 0.1) is 23.7 Å². The molecule has 2 N–H and O–H groups in total. The minimum absolute atomic E-state index is 0.0556. The van der Waals surface area contributed by atoms with E-state index in [4.69, 9.17) is 9.72 Å². The van der Waals surface area contributed by atoms with Crippen LogP contribution in [0.2, 0.25) is 0 Å². The van der Waals surface area contributed by atoms with Gasteiger partial charge in [-0.15, -0.1) is 0 Å². The van der Waals surface area contributed by atoms with Crippen LogP contribution in [0.5, 0.6) is 0 Å². The van der Waals surface area contributed by atoms with Gasteiger partial charge in [0.2, 0.25) is 0 Å². The summed E-state index contributed by atoms with van der Waals surface area (Å²) in [5.74, 6) is 1.20. The van der Waals surface area contributed by atoms with Crippen LogP contribution in [0.1, 0.15) is 59.0 Å². The van der Waals surface area contributed by atoms with Gasteiger partial charge in [0, 0.05) is 31.7 Å². The third-order valence-corrected chi connectivity index (χ3v) is 3.17. The standard InChI is InChI=1S/C16H30N4O/c1-11(2)15-18-9-13(17-8-12(3)21-7)14(20-15)10-19-16(4,5)6/h9,11-12,17,19H,8,10H2,1-7H3. The molecule has 5 nitrogen and oxygen atoms in total. The molecule has 1 unspecified atom stereocenters. The Morgan fingerprint density at radius 3 is 2.43 bits per heavy atom. The van der Waals surface area contributed by atoms with Crippen LogP contribution < -0.4 is 10.6 Å². The second-order valence-corrected chi connectivity index (χ2v) is 6.77. The third-order valence-electron chi connectivity index (χ3n) is 3.17. The van der Waals surface area contributed by atoms with Gasteiger partial charge in [-0.3, -0.25) is 0 Å². The number of nitrogens with zero attached hydrogens (tertiary/aromatic N) is 2. The molecule has 0 bridgehead atoms. The Bertz CT molecular complexity index is 440. The Balaban J connectivity index is 2.88. The highest BCUT2D eigenvalue weighted by atomic mass is 16.5. The summed E-state index contributed by atoms with van der Waals surface area (Å²) >= 11 is 0. The van der Waals surface area contributed by atoms with Crippen LogP contribution in [0.3, 0.4) is 0 Å². The lowest BCUT2D eigenvalue weighted by molar-refractivity contribution is 0.129. The molecule has 1 heterocycles. The minimum atomic E-state index is 0.0556. The zero-order valence-corrected chi connectivity index (χ0v) is 14.4. The number of hydrogen-bond acceptors (Lipinski definition) is 5. The summed E-state index contributed by atoms with van der Waals surface area (Å²) in [6, 6.07) is 0. The predicted octanol–water partition coefficient (Wildman–Crippen LogP) is 2.93. The molecule has 0 aliphatic carbocycles.